The van der Waals surface area contributed by atoms with Gasteiger partial charge in [0.25, 0.3) is 5.91 Å². The molecule has 0 spiro atoms. The number of benzene rings is 2. The molecular formula is C40H47F5N8O5. The summed E-state index contributed by atoms with van der Waals surface area (Å²) < 4.78 is 60.7. The van der Waals surface area contributed by atoms with Gasteiger partial charge in [-0.15, -0.1) is 0 Å². The van der Waals surface area contributed by atoms with Gasteiger partial charge in [0.1, 0.15) is 29.1 Å². The zero-order chi connectivity index (χ0) is 41.7. The molecule has 2 saturated heterocycles. The Hall–Kier alpha value is -5.65. The topological polar surface area (TPSA) is 170 Å². The van der Waals surface area contributed by atoms with Crippen LogP contribution in [0.1, 0.15) is 91.6 Å². The molecule has 2 fully saturated rings. The second-order valence-electron chi connectivity index (χ2n) is 14.3. The van der Waals surface area contributed by atoms with E-state index in [9.17, 15) is 36.3 Å². The number of alkyl halides is 3. The number of piperidine rings is 2. The van der Waals surface area contributed by atoms with Crippen molar-refractivity contribution in [2.45, 2.75) is 88.9 Å². The molecule has 18 heteroatoms. The van der Waals surface area contributed by atoms with Crippen LogP contribution in [0, 0.1) is 11.6 Å². The number of hydrogen-bond acceptors (Lipinski definition) is 9. The minimum Gasteiger partial charge on any atom is -0.475 e. The highest BCUT2D eigenvalue weighted by Gasteiger charge is 2.38. The van der Waals surface area contributed by atoms with Gasteiger partial charge in [-0.2, -0.15) is 18.3 Å². The number of aromatic nitrogens is 3. The first-order valence-electron chi connectivity index (χ1n) is 19.3. The molecule has 4 aromatic rings. The number of nitrogens with zero attached hydrogens (tertiary/aromatic N) is 4. The van der Waals surface area contributed by atoms with Crippen molar-refractivity contribution in [2.24, 2.45) is 0 Å². The van der Waals surface area contributed by atoms with Crippen molar-refractivity contribution < 1.29 is 46.2 Å². The molecule has 3 amide bonds. The van der Waals surface area contributed by atoms with Crippen LogP contribution < -0.4 is 21.3 Å². The standard InChI is InChI=1S/C38H46F2N8O3.C2HF3O2/c39-29-9-12-32(40)28(23-29)24-42-34-17-22-48-36(45-34)31(25-43-48)37(50)41-18-5-3-1-2-4-6-19-47-20-15-27(16-21-47)26-7-10-30(11-8-26)44-33-13-14-35(49)46-38(33)51;3-2(4,5)1(6)7/h7-12,17,22-23,25,27,33,44H,1-6,13-16,18-21,24H2,(H,41,50)(H,42,45)(H,46,49,51);(H,6,7). The number of halogens is 5. The molecule has 0 radical (unpaired) electrons. The first-order valence-corrected chi connectivity index (χ1v) is 19.3. The number of aliphatic carboxylic acids is 1. The lowest BCUT2D eigenvalue weighted by atomic mass is 9.89. The summed E-state index contributed by atoms with van der Waals surface area (Å²) in [6.07, 6.45) is 7.88. The normalized spacial score (nSPS) is 16.3. The molecule has 6 rings (SSSR count). The third-order valence-electron chi connectivity index (χ3n) is 10.1. The van der Waals surface area contributed by atoms with Crippen LogP contribution in [0.5, 0.6) is 0 Å². The predicted molar refractivity (Wildman–Crippen MR) is 205 cm³/mol. The molecule has 2 aromatic heterocycles. The van der Waals surface area contributed by atoms with Gasteiger partial charge in [-0.1, -0.05) is 37.8 Å². The van der Waals surface area contributed by atoms with Crippen molar-refractivity contribution >= 4 is 40.8 Å². The number of nitrogens with one attached hydrogen (secondary N) is 4. The lowest BCUT2D eigenvalue weighted by Crippen LogP contribution is -2.47. The summed E-state index contributed by atoms with van der Waals surface area (Å²) in [5, 5.41) is 22.9. The molecule has 13 nitrogen and oxygen atoms in total. The van der Waals surface area contributed by atoms with Crippen LogP contribution >= 0.6 is 0 Å². The van der Waals surface area contributed by atoms with Crippen molar-refractivity contribution in [3.05, 3.63) is 89.2 Å². The van der Waals surface area contributed by atoms with Crippen LogP contribution in [0.2, 0.25) is 0 Å². The number of carboxylic acid groups (broad SMARTS) is 1. The van der Waals surface area contributed by atoms with E-state index in [0.29, 0.717) is 42.3 Å². The summed E-state index contributed by atoms with van der Waals surface area (Å²) in [6.45, 7) is 3.96. The highest BCUT2D eigenvalue weighted by Crippen LogP contribution is 2.29. The van der Waals surface area contributed by atoms with Crippen molar-refractivity contribution in [1.29, 1.82) is 0 Å². The van der Waals surface area contributed by atoms with Gasteiger partial charge in [-0.25, -0.2) is 23.1 Å². The predicted octanol–water partition coefficient (Wildman–Crippen LogP) is 6.42. The minimum atomic E-state index is -5.08. The van der Waals surface area contributed by atoms with Crippen LogP contribution in [0.25, 0.3) is 5.65 Å². The first kappa shape index (κ1) is 43.5. The summed E-state index contributed by atoms with van der Waals surface area (Å²) in [5.41, 5.74) is 3.17. The van der Waals surface area contributed by atoms with Crippen molar-refractivity contribution in [3.8, 4) is 0 Å². The Morgan fingerprint density at radius 2 is 1.60 bits per heavy atom. The van der Waals surface area contributed by atoms with E-state index in [0.717, 1.165) is 75.6 Å². The molecule has 0 aliphatic carbocycles. The molecular weight excluding hydrogens is 767 g/mol. The molecule has 4 heterocycles. The van der Waals surface area contributed by atoms with Gasteiger partial charge in [0, 0.05) is 37.0 Å². The maximum absolute atomic E-state index is 14.0. The lowest BCUT2D eigenvalue weighted by molar-refractivity contribution is -0.192. The minimum absolute atomic E-state index is 0.0497. The Kier molecular flexibility index (Phi) is 15.5. The fourth-order valence-corrected chi connectivity index (χ4v) is 6.83. The molecule has 312 valence electrons. The average molecular weight is 815 g/mol. The Balaban J connectivity index is 0.000000839. The highest BCUT2D eigenvalue weighted by atomic mass is 19.4. The number of carboxylic acids is 1. The smallest absolute Gasteiger partial charge is 0.475 e. The number of hydrogen-bond donors (Lipinski definition) is 5. The van der Waals surface area contributed by atoms with Gasteiger partial charge >= 0.3 is 12.1 Å². The molecule has 0 saturated carbocycles. The average Bonchev–Trinajstić information content (AvgIpc) is 3.62. The molecule has 1 unspecified atom stereocenters. The number of rotatable bonds is 16. The lowest BCUT2D eigenvalue weighted by Gasteiger charge is -2.32. The Labute approximate surface area is 331 Å². The molecule has 5 N–H and O–H groups in total. The number of unbranched alkanes of at least 4 members (excludes halogenated alkanes) is 5. The van der Waals surface area contributed by atoms with E-state index < -0.39 is 23.8 Å². The summed E-state index contributed by atoms with van der Waals surface area (Å²) in [6, 6.07) is 13.0. The van der Waals surface area contributed by atoms with Gasteiger partial charge in [0.15, 0.2) is 5.65 Å². The first-order chi connectivity index (χ1) is 27.8. The molecule has 58 heavy (non-hydrogen) atoms. The van der Waals surface area contributed by atoms with E-state index in [4.69, 9.17) is 9.90 Å². The van der Waals surface area contributed by atoms with Gasteiger partial charge in [0.2, 0.25) is 11.8 Å². The molecule has 2 aliphatic rings. The quantitative estimate of drug-likeness (QED) is 0.0484. The number of likely N-dealkylation sites (tertiary alicyclic amines) is 1. The van der Waals surface area contributed by atoms with Crippen LogP contribution in [0.3, 0.4) is 0 Å². The van der Waals surface area contributed by atoms with Crippen molar-refractivity contribution in [1.82, 2.24) is 30.1 Å². The Bertz CT molecular complexity index is 2020. The van der Waals surface area contributed by atoms with E-state index in [1.807, 2.05) is 12.1 Å². The molecule has 2 aromatic carbocycles. The van der Waals surface area contributed by atoms with Crippen LogP contribution in [0.15, 0.2) is 60.9 Å². The van der Waals surface area contributed by atoms with Crippen molar-refractivity contribution in [2.75, 3.05) is 36.8 Å². The Morgan fingerprint density at radius 1 is 0.914 bits per heavy atom. The molecule has 0 bridgehead atoms. The Morgan fingerprint density at radius 3 is 2.29 bits per heavy atom. The largest absolute Gasteiger partial charge is 0.490 e. The van der Waals surface area contributed by atoms with Gasteiger partial charge in [0.05, 0.1) is 6.20 Å². The number of imide groups is 1. The fourth-order valence-electron chi connectivity index (χ4n) is 6.83. The monoisotopic (exact) mass is 814 g/mol. The summed E-state index contributed by atoms with van der Waals surface area (Å²) in [4.78, 5) is 52.2. The number of carbonyl (C=O) groups is 4. The number of anilines is 2. The maximum atomic E-state index is 14.0. The number of amides is 3. The number of carbonyl (C=O) groups excluding carboxylic acids is 3. The molecule has 2 aliphatic heterocycles. The van der Waals surface area contributed by atoms with E-state index >= 15 is 0 Å². The second kappa shape index (κ2) is 20.7. The van der Waals surface area contributed by atoms with Gasteiger partial charge in [-0.05, 0) is 99.6 Å². The zero-order valence-electron chi connectivity index (χ0n) is 31.8. The van der Waals surface area contributed by atoms with Gasteiger partial charge < -0.3 is 26.0 Å². The van der Waals surface area contributed by atoms with Crippen LogP contribution in [0.4, 0.5) is 33.5 Å². The maximum Gasteiger partial charge on any atom is 0.490 e. The summed E-state index contributed by atoms with van der Waals surface area (Å²) >= 11 is 0. The summed E-state index contributed by atoms with van der Waals surface area (Å²) in [5.74, 6) is -3.50. The third-order valence-corrected chi connectivity index (χ3v) is 10.1. The van der Waals surface area contributed by atoms with E-state index in [-0.39, 0.29) is 35.9 Å². The van der Waals surface area contributed by atoms with E-state index in [1.54, 1.807) is 12.3 Å². The van der Waals surface area contributed by atoms with Gasteiger partial charge in [-0.3, -0.25) is 19.7 Å². The second-order valence-corrected chi connectivity index (χ2v) is 14.3. The fraction of sp³-hybridized carbons (Fsp3) is 0.450. The third kappa shape index (κ3) is 12.9. The SMILES string of the molecule is O=C(O)C(F)(F)F.O=C1CCC(Nc2ccc(C3CCN(CCCCCCCCNC(=O)c4cnn5ccc(NCc6cc(F)ccc6F)nc45)CC3)cc2)C(=O)N1. The highest BCUT2D eigenvalue weighted by molar-refractivity contribution is 6.01. The molecule has 1 atom stereocenters. The number of fused-ring (bicyclic) bond motifs is 1. The zero-order valence-corrected chi connectivity index (χ0v) is 31.8. The van der Waals surface area contributed by atoms with E-state index in [2.05, 4.69) is 48.4 Å². The summed E-state index contributed by atoms with van der Waals surface area (Å²) in [7, 11) is 0. The van der Waals surface area contributed by atoms with Crippen molar-refractivity contribution in [3.63, 3.8) is 0 Å². The van der Waals surface area contributed by atoms with Crippen LogP contribution in [-0.4, -0.2) is 86.7 Å². The van der Waals surface area contributed by atoms with E-state index in [1.165, 1.54) is 35.5 Å². The van der Waals surface area contributed by atoms with Crippen LogP contribution in [-0.2, 0) is 20.9 Å².